The highest BCUT2D eigenvalue weighted by atomic mass is 19.1. The average Bonchev–Trinajstić information content (AvgIpc) is 2.54. The quantitative estimate of drug-likeness (QED) is 0.848. The summed E-state index contributed by atoms with van der Waals surface area (Å²) in [7, 11) is 0. The molecule has 0 N–H and O–H groups in total. The highest BCUT2D eigenvalue weighted by molar-refractivity contribution is 5.18. The normalized spacial score (nSPS) is 16.8. The van der Waals surface area contributed by atoms with Crippen molar-refractivity contribution in [1.29, 1.82) is 0 Å². The molecule has 0 radical (unpaired) electrons. The molecule has 0 saturated carbocycles. The Morgan fingerprint density at radius 2 is 1.86 bits per heavy atom. The number of nitrogens with zero attached hydrogens (tertiary/aromatic N) is 2. The van der Waals surface area contributed by atoms with Crippen LogP contribution in [0.1, 0.15) is 29.7 Å². The number of hydrogen-bond donors (Lipinski definition) is 0. The standard InChI is InChI=1S/C19H23FN2/c1-15-18(3-2-10-21-15)14-22-11-8-17(9-12-22)13-16-4-6-19(20)7-5-16/h2-7,10,17H,8-9,11-14H2,1H3. The van der Waals surface area contributed by atoms with E-state index in [1.807, 2.05) is 24.4 Å². The first-order chi connectivity index (χ1) is 10.7. The van der Waals surface area contributed by atoms with Gasteiger partial charge in [-0.15, -0.1) is 0 Å². The maximum absolute atomic E-state index is 12.9. The predicted molar refractivity (Wildman–Crippen MR) is 87.1 cm³/mol. The van der Waals surface area contributed by atoms with E-state index < -0.39 is 0 Å². The van der Waals surface area contributed by atoms with Crippen molar-refractivity contribution in [1.82, 2.24) is 9.88 Å². The highest BCUT2D eigenvalue weighted by Crippen LogP contribution is 2.23. The zero-order chi connectivity index (χ0) is 15.4. The molecule has 0 atom stereocenters. The second-order valence-electron chi connectivity index (χ2n) is 6.30. The van der Waals surface area contributed by atoms with Crippen LogP contribution in [0.4, 0.5) is 4.39 Å². The Hall–Kier alpha value is -1.74. The highest BCUT2D eigenvalue weighted by Gasteiger charge is 2.20. The summed E-state index contributed by atoms with van der Waals surface area (Å²) in [5.41, 5.74) is 3.72. The minimum absolute atomic E-state index is 0.148. The van der Waals surface area contributed by atoms with Crippen molar-refractivity contribution in [2.24, 2.45) is 5.92 Å². The van der Waals surface area contributed by atoms with Crippen molar-refractivity contribution in [3.05, 3.63) is 65.2 Å². The van der Waals surface area contributed by atoms with Crippen LogP contribution < -0.4 is 0 Å². The summed E-state index contributed by atoms with van der Waals surface area (Å²) in [6, 6.07) is 11.2. The molecule has 0 unspecified atom stereocenters. The molecule has 2 nitrogen and oxygen atoms in total. The first kappa shape index (κ1) is 15.2. The van der Waals surface area contributed by atoms with Gasteiger partial charge in [0.1, 0.15) is 5.82 Å². The van der Waals surface area contributed by atoms with E-state index in [4.69, 9.17) is 0 Å². The summed E-state index contributed by atoms with van der Waals surface area (Å²) < 4.78 is 12.9. The van der Waals surface area contributed by atoms with Crippen molar-refractivity contribution in [2.45, 2.75) is 32.7 Å². The number of aromatic nitrogens is 1. The zero-order valence-electron chi connectivity index (χ0n) is 13.1. The Bertz CT molecular complexity index is 601. The molecule has 0 aliphatic carbocycles. The SMILES string of the molecule is Cc1ncccc1CN1CCC(Cc2ccc(F)cc2)CC1. The molecule has 1 aliphatic rings. The van der Waals surface area contributed by atoms with Gasteiger partial charge in [0.25, 0.3) is 0 Å². The van der Waals surface area contributed by atoms with E-state index in [9.17, 15) is 4.39 Å². The topological polar surface area (TPSA) is 16.1 Å². The molecule has 1 aromatic carbocycles. The number of piperidine rings is 1. The number of likely N-dealkylation sites (tertiary alicyclic amines) is 1. The second kappa shape index (κ2) is 7.01. The Balaban J connectivity index is 1.50. The third kappa shape index (κ3) is 3.92. The van der Waals surface area contributed by atoms with Crippen LogP contribution in [-0.4, -0.2) is 23.0 Å². The van der Waals surface area contributed by atoms with Crippen LogP contribution in [0.5, 0.6) is 0 Å². The number of halogens is 1. The molecule has 0 amide bonds. The van der Waals surface area contributed by atoms with E-state index >= 15 is 0 Å². The summed E-state index contributed by atoms with van der Waals surface area (Å²) in [4.78, 5) is 6.88. The summed E-state index contributed by atoms with van der Waals surface area (Å²) in [5, 5.41) is 0. The average molecular weight is 298 g/mol. The fourth-order valence-corrected chi connectivity index (χ4v) is 3.23. The van der Waals surface area contributed by atoms with Crippen molar-refractivity contribution >= 4 is 0 Å². The summed E-state index contributed by atoms with van der Waals surface area (Å²) in [5.74, 6) is 0.571. The van der Waals surface area contributed by atoms with Crippen LogP contribution in [0.2, 0.25) is 0 Å². The van der Waals surface area contributed by atoms with Gasteiger partial charge >= 0.3 is 0 Å². The van der Waals surface area contributed by atoms with Gasteiger partial charge in [0.05, 0.1) is 0 Å². The van der Waals surface area contributed by atoms with Gasteiger partial charge in [-0.05, 0) is 74.5 Å². The van der Waals surface area contributed by atoms with Gasteiger partial charge in [-0.1, -0.05) is 18.2 Å². The van der Waals surface area contributed by atoms with E-state index in [0.717, 1.165) is 37.7 Å². The smallest absolute Gasteiger partial charge is 0.123 e. The summed E-state index contributed by atoms with van der Waals surface area (Å²) >= 11 is 0. The first-order valence-corrected chi connectivity index (χ1v) is 8.08. The molecular weight excluding hydrogens is 275 g/mol. The molecular formula is C19H23FN2. The number of hydrogen-bond acceptors (Lipinski definition) is 2. The number of rotatable bonds is 4. The van der Waals surface area contributed by atoms with Crippen LogP contribution in [0.15, 0.2) is 42.6 Å². The summed E-state index contributed by atoms with van der Waals surface area (Å²) in [6.07, 6.45) is 5.36. The molecule has 2 heterocycles. The Morgan fingerprint density at radius 1 is 1.14 bits per heavy atom. The molecule has 22 heavy (non-hydrogen) atoms. The lowest BCUT2D eigenvalue weighted by Gasteiger charge is -2.32. The molecule has 1 fully saturated rings. The van der Waals surface area contributed by atoms with Crippen molar-refractivity contribution in [3.8, 4) is 0 Å². The van der Waals surface area contributed by atoms with Crippen molar-refractivity contribution < 1.29 is 4.39 Å². The maximum Gasteiger partial charge on any atom is 0.123 e. The molecule has 3 rings (SSSR count). The lowest BCUT2D eigenvalue weighted by Crippen LogP contribution is -2.34. The third-order valence-corrected chi connectivity index (χ3v) is 4.66. The fourth-order valence-electron chi connectivity index (χ4n) is 3.23. The molecule has 1 aromatic heterocycles. The third-order valence-electron chi connectivity index (χ3n) is 4.66. The molecule has 0 spiro atoms. The minimum atomic E-state index is -0.148. The Kier molecular flexibility index (Phi) is 4.84. The maximum atomic E-state index is 12.9. The van der Waals surface area contributed by atoms with E-state index in [2.05, 4.69) is 22.9 Å². The summed E-state index contributed by atoms with van der Waals surface area (Å²) in [6.45, 7) is 5.36. The van der Waals surface area contributed by atoms with Gasteiger partial charge in [-0.2, -0.15) is 0 Å². The lowest BCUT2D eigenvalue weighted by atomic mass is 9.90. The molecule has 1 saturated heterocycles. The fraction of sp³-hybridized carbons (Fsp3) is 0.421. The van der Waals surface area contributed by atoms with E-state index in [1.54, 1.807) is 12.1 Å². The first-order valence-electron chi connectivity index (χ1n) is 8.08. The van der Waals surface area contributed by atoms with E-state index in [1.165, 1.54) is 24.0 Å². The lowest BCUT2D eigenvalue weighted by molar-refractivity contribution is 0.176. The second-order valence-corrected chi connectivity index (χ2v) is 6.30. The van der Waals surface area contributed by atoms with Gasteiger partial charge in [0.15, 0.2) is 0 Å². The van der Waals surface area contributed by atoms with Crippen LogP contribution in [0.25, 0.3) is 0 Å². The molecule has 1 aliphatic heterocycles. The van der Waals surface area contributed by atoms with Crippen LogP contribution in [0, 0.1) is 18.7 Å². The van der Waals surface area contributed by atoms with Crippen LogP contribution in [-0.2, 0) is 13.0 Å². The van der Waals surface area contributed by atoms with Crippen molar-refractivity contribution in [2.75, 3.05) is 13.1 Å². The monoisotopic (exact) mass is 298 g/mol. The Morgan fingerprint density at radius 3 is 2.55 bits per heavy atom. The van der Waals surface area contributed by atoms with Gasteiger partial charge in [-0.3, -0.25) is 9.88 Å². The van der Waals surface area contributed by atoms with Crippen LogP contribution >= 0.6 is 0 Å². The van der Waals surface area contributed by atoms with Crippen molar-refractivity contribution in [3.63, 3.8) is 0 Å². The van der Waals surface area contributed by atoms with Gasteiger partial charge in [0, 0.05) is 18.4 Å². The van der Waals surface area contributed by atoms with Gasteiger partial charge in [-0.25, -0.2) is 4.39 Å². The largest absolute Gasteiger partial charge is 0.299 e. The molecule has 3 heteroatoms. The van der Waals surface area contributed by atoms with Crippen LogP contribution in [0.3, 0.4) is 0 Å². The number of aryl methyl sites for hydroxylation is 1. The van der Waals surface area contributed by atoms with E-state index in [-0.39, 0.29) is 5.82 Å². The Labute approximate surface area is 132 Å². The zero-order valence-corrected chi connectivity index (χ0v) is 13.1. The van der Waals surface area contributed by atoms with Gasteiger partial charge in [0.2, 0.25) is 0 Å². The molecule has 0 bridgehead atoms. The van der Waals surface area contributed by atoms with Gasteiger partial charge < -0.3 is 0 Å². The number of benzene rings is 1. The molecule has 2 aromatic rings. The molecule has 116 valence electrons. The number of pyridine rings is 1. The van der Waals surface area contributed by atoms with E-state index in [0.29, 0.717) is 0 Å². The minimum Gasteiger partial charge on any atom is -0.299 e. The predicted octanol–water partition coefficient (Wildman–Crippen LogP) is 3.98.